The van der Waals surface area contributed by atoms with Crippen LogP contribution in [0.2, 0.25) is 0 Å². The van der Waals surface area contributed by atoms with Crippen LogP contribution in [0.5, 0.6) is 5.75 Å². The highest BCUT2D eigenvalue weighted by Crippen LogP contribution is 2.56. The van der Waals surface area contributed by atoms with E-state index in [1.807, 2.05) is 19.0 Å². The normalized spacial score (nSPS) is 19.0. The van der Waals surface area contributed by atoms with Crippen molar-refractivity contribution in [2.24, 2.45) is 5.92 Å². The molecule has 2 aromatic rings. The minimum atomic E-state index is -2.99. The lowest BCUT2D eigenvalue weighted by molar-refractivity contribution is -0.116. The van der Waals surface area contributed by atoms with Crippen LogP contribution in [-0.2, 0) is 16.1 Å². The van der Waals surface area contributed by atoms with E-state index in [1.54, 1.807) is 6.07 Å². The number of ether oxygens (including phenoxy) is 1. The number of aromatic carboxylic acids is 1. The fraction of sp³-hybridized carbons (Fsp3) is 0.391. The quantitative estimate of drug-likeness (QED) is 0.518. The standard InChI is InChI=1S/C23H26FN3O6S/c1-26(2)9-3-4-20(28)25-17-11-14(24)5-7-18(17)27(34(31)32)19-8-6-15-16-10-13(16)12-33-22(15)21(19)23(29)30/h5-8,11,13,16H,3-4,9-10,12H2,1-2H3,(H,25,28)(H,29,30)(H,31,32)/p-1. The molecule has 3 unspecified atom stereocenters. The molecule has 0 bridgehead atoms. The fourth-order valence-electron chi connectivity index (χ4n) is 4.26. The average molecular weight is 491 g/mol. The maximum atomic E-state index is 14.1. The second-order valence-corrected chi connectivity index (χ2v) is 9.52. The number of amides is 1. The molecule has 1 fully saturated rings. The first-order chi connectivity index (χ1) is 16.2. The first kappa shape index (κ1) is 24.1. The third-order valence-corrected chi connectivity index (χ3v) is 6.66. The van der Waals surface area contributed by atoms with E-state index in [1.165, 1.54) is 12.1 Å². The number of carboxylic acid groups (broad SMARTS) is 1. The molecule has 9 nitrogen and oxygen atoms in total. The van der Waals surface area contributed by atoms with Crippen molar-refractivity contribution in [1.82, 2.24) is 4.90 Å². The summed E-state index contributed by atoms with van der Waals surface area (Å²) in [4.78, 5) is 26.6. The van der Waals surface area contributed by atoms with E-state index in [-0.39, 0.29) is 40.7 Å². The number of halogens is 1. The highest BCUT2D eigenvalue weighted by Gasteiger charge is 2.45. The van der Waals surface area contributed by atoms with Crippen LogP contribution in [0.15, 0.2) is 30.3 Å². The molecule has 4 rings (SSSR count). The van der Waals surface area contributed by atoms with Crippen molar-refractivity contribution in [2.45, 2.75) is 25.2 Å². The van der Waals surface area contributed by atoms with Crippen LogP contribution in [0.3, 0.4) is 0 Å². The van der Waals surface area contributed by atoms with Crippen molar-refractivity contribution in [3.63, 3.8) is 0 Å². The number of benzene rings is 2. The van der Waals surface area contributed by atoms with Gasteiger partial charge in [0.15, 0.2) is 0 Å². The van der Waals surface area contributed by atoms with Crippen molar-refractivity contribution in [3.05, 3.63) is 47.3 Å². The Morgan fingerprint density at radius 2 is 2.00 bits per heavy atom. The van der Waals surface area contributed by atoms with Crippen molar-refractivity contribution < 1.29 is 32.6 Å². The van der Waals surface area contributed by atoms with Gasteiger partial charge in [0.25, 0.3) is 0 Å². The molecule has 3 atom stereocenters. The molecule has 1 saturated carbocycles. The summed E-state index contributed by atoms with van der Waals surface area (Å²) in [5.74, 6) is -1.76. The molecule has 11 heteroatoms. The summed E-state index contributed by atoms with van der Waals surface area (Å²) in [6.07, 6.45) is 1.59. The summed E-state index contributed by atoms with van der Waals surface area (Å²) in [6, 6.07) is 6.31. The number of hydrogen-bond acceptors (Lipinski definition) is 6. The number of nitrogens with zero attached hydrogens (tertiary/aromatic N) is 2. The molecule has 0 saturated heterocycles. The molecule has 182 valence electrons. The zero-order chi connectivity index (χ0) is 24.6. The highest BCUT2D eigenvalue weighted by atomic mass is 32.2. The Bertz CT molecular complexity index is 1160. The first-order valence-electron chi connectivity index (χ1n) is 10.8. The van der Waals surface area contributed by atoms with E-state index >= 15 is 0 Å². The van der Waals surface area contributed by atoms with Crippen molar-refractivity contribution in [3.8, 4) is 5.75 Å². The number of rotatable bonds is 9. The Labute approximate surface area is 198 Å². The van der Waals surface area contributed by atoms with Gasteiger partial charge >= 0.3 is 5.97 Å². The third kappa shape index (κ3) is 4.91. The van der Waals surface area contributed by atoms with Gasteiger partial charge in [0.1, 0.15) is 17.1 Å². The lowest BCUT2D eigenvalue weighted by Gasteiger charge is -2.31. The molecule has 2 aliphatic rings. The summed E-state index contributed by atoms with van der Waals surface area (Å²) < 4.78 is 45.2. The van der Waals surface area contributed by atoms with Gasteiger partial charge in [-0.2, -0.15) is 0 Å². The van der Waals surface area contributed by atoms with Gasteiger partial charge in [-0.15, -0.1) is 0 Å². The van der Waals surface area contributed by atoms with Gasteiger partial charge in [0, 0.05) is 12.3 Å². The molecule has 0 radical (unpaired) electrons. The zero-order valence-corrected chi connectivity index (χ0v) is 19.6. The molecule has 34 heavy (non-hydrogen) atoms. The van der Waals surface area contributed by atoms with E-state index in [4.69, 9.17) is 4.74 Å². The molecule has 2 N–H and O–H groups in total. The number of hydrogen-bond donors (Lipinski definition) is 2. The van der Waals surface area contributed by atoms with Crippen LogP contribution in [0.25, 0.3) is 0 Å². The summed E-state index contributed by atoms with van der Waals surface area (Å²) >= 11 is -2.99. The SMILES string of the molecule is CN(C)CCCC(=O)Nc1cc(F)ccc1N(c1ccc2c(c1C(=O)O)OCC1CC21)S(=O)[O-]. The van der Waals surface area contributed by atoms with Crippen LogP contribution in [0, 0.1) is 11.7 Å². The number of fused-ring (bicyclic) bond motifs is 3. The summed E-state index contributed by atoms with van der Waals surface area (Å²) in [5, 5.41) is 12.5. The van der Waals surface area contributed by atoms with E-state index in [9.17, 15) is 27.8 Å². The zero-order valence-electron chi connectivity index (χ0n) is 18.7. The first-order valence-corrected chi connectivity index (χ1v) is 11.9. The van der Waals surface area contributed by atoms with Gasteiger partial charge in [-0.3, -0.25) is 13.3 Å². The molecule has 1 aliphatic carbocycles. The lowest BCUT2D eigenvalue weighted by Crippen LogP contribution is -2.25. The number of carbonyl (C=O) groups excluding carboxylic acids is 1. The number of carbonyl (C=O) groups is 2. The van der Waals surface area contributed by atoms with Crippen LogP contribution < -0.4 is 14.4 Å². The topological polar surface area (TPSA) is 122 Å². The molecular weight excluding hydrogens is 465 g/mol. The minimum Gasteiger partial charge on any atom is -0.755 e. The van der Waals surface area contributed by atoms with Crippen molar-refractivity contribution >= 4 is 40.2 Å². The van der Waals surface area contributed by atoms with E-state index in [2.05, 4.69) is 5.32 Å². The maximum Gasteiger partial charge on any atom is 0.341 e. The van der Waals surface area contributed by atoms with Crippen molar-refractivity contribution in [2.75, 3.05) is 36.9 Å². The van der Waals surface area contributed by atoms with Gasteiger partial charge in [0.2, 0.25) is 5.91 Å². The van der Waals surface area contributed by atoms with Gasteiger partial charge in [-0.25, -0.2) is 9.18 Å². The third-order valence-electron chi connectivity index (χ3n) is 5.97. The van der Waals surface area contributed by atoms with Gasteiger partial charge < -0.3 is 24.6 Å². The maximum absolute atomic E-state index is 14.1. The van der Waals surface area contributed by atoms with Gasteiger partial charge in [-0.1, -0.05) is 6.07 Å². The molecule has 1 heterocycles. The minimum absolute atomic E-state index is 0.0850. The summed E-state index contributed by atoms with van der Waals surface area (Å²) in [5.41, 5.74) is 0.116. The van der Waals surface area contributed by atoms with Gasteiger partial charge in [0.05, 0.1) is 34.9 Å². The van der Waals surface area contributed by atoms with Crippen LogP contribution >= 0.6 is 0 Å². The monoisotopic (exact) mass is 490 g/mol. The fourth-order valence-corrected chi connectivity index (χ4v) is 4.89. The highest BCUT2D eigenvalue weighted by molar-refractivity contribution is 7.81. The van der Waals surface area contributed by atoms with E-state index < -0.39 is 29.0 Å². The number of anilines is 3. The second kappa shape index (κ2) is 9.69. The molecular formula is C23H25FN3O6S-. The molecule has 0 spiro atoms. The Balaban J connectivity index is 1.73. The predicted molar refractivity (Wildman–Crippen MR) is 124 cm³/mol. The van der Waals surface area contributed by atoms with Crippen LogP contribution in [0.4, 0.5) is 21.5 Å². The molecule has 1 amide bonds. The molecule has 2 aromatic carbocycles. The van der Waals surface area contributed by atoms with Crippen molar-refractivity contribution in [1.29, 1.82) is 0 Å². The molecule has 0 aromatic heterocycles. The Hall–Kier alpha value is -3.02. The number of carboxylic acids is 1. The largest absolute Gasteiger partial charge is 0.755 e. The van der Waals surface area contributed by atoms with Gasteiger partial charge in [-0.05, 0) is 69.2 Å². The smallest absolute Gasteiger partial charge is 0.341 e. The second-order valence-electron chi connectivity index (χ2n) is 8.72. The Morgan fingerprint density at radius 1 is 1.26 bits per heavy atom. The summed E-state index contributed by atoms with van der Waals surface area (Å²) in [7, 11) is 3.74. The van der Waals surface area contributed by atoms with Crippen LogP contribution in [0.1, 0.15) is 41.1 Å². The van der Waals surface area contributed by atoms with E-state index in [0.717, 1.165) is 28.4 Å². The Morgan fingerprint density at radius 3 is 2.68 bits per heavy atom. The Kier molecular flexibility index (Phi) is 6.87. The summed E-state index contributed by atoms with van der Waals surface area (Å²) in [6.45, 7) is 1.03. The lowest BCUT2D eigenvalue weighted by atomic mass is 10.00. The number of nitrogens with one attached hydrogen (secondary N) is 1. The van der Waals surface area contributed by atoms with Crippen LogP contribution in [-0.4, -0.2) is 57.9 Å². The molecule has 1 aliphatic heterocycles. The average Bonchev–Trinajstić information content (AvgIpc) is 3.54. The van der Waals surface area contributed by atoms with E-state index in [0.29, 0.717) is 25.5 Å². The predicted octanol–water partition coefficient (Wildman–Crippen LogP) is 3.23.